The summed E-state index contributed by atoms with van der Waals surface area (Å²) in [6, 6.07) is 5.65. The van der Waals surface area contributed by atoms with Gasteiger partial charge in [0.25, 0.3) is 5.91 Å². The first-order valence-electron chi connectivity index (χ1n) is 7.97. The number of hydrogen-bond donors (Lipinski definition) is 0. The Kier molecular flexibility index (Phi) is 6.20. The van der Waals surface area contributed by atoms with Crippen molar-refractivity contribution in [2.24, 2.45) is 0 Å². The maximum Gasteiger partial charge on any atom is 0.265 e. The molecular formula is C18H24N2O3S. The van der Waals surface area contributed by atoms with Crippen LogP contribution in [0.5, 0.6) is 11.5 Å². The number of aromatic nitrogens is 1. The summed E-state index contributed by atoms with van der Waals surface area (Å²) < 4.78 is 10.6. The van der Waals surface area contributed by atoms with Crippen LogP contribution in [0.15, 0.2) is 18.2 Å². The average Bonchev–Trinajstić information content (AvgIpc) is 2.99. The van der Waals surface area contributed by atoms with Crippen LogP contribution in [0.25, 0.3) is 10.6 Å². The molecule has 0 aliphatic heterocycles. The lowest BCUT2D eigenvalue weighted by Gasteiger charge is -2.15. The average molecular weight is 348 g/mol. The van der Waals surface area contributed by atoms with Gasteiger partial charge in [0, 0.05) is 19.2 Å². The fraction of sp³-hybridized carbons (Fsp3) is 0.444. The Balaban J connectivity index is 2.30. The van der Waals surface area contributed by atoms with E-state index in [0.29, 0.717) is 16.4 Å². The van der Waals surface area contributed by atoms with Gasteiger partial charge in [-0.2, -0.15) is 0 Å². The lowest BCUT2D eigenvalue weighted by Crippen LogP contribution is -2.27. The zero-order valence-corrected chi connectivity index (χ0v) is 15.7. The van der Waals surface area contributed by atoms with Crippen molar-refractivity contribution < 1.29 is 14.3 Å². The van der Waals surface area contributed by atoms with Gasteiger partial charge >= 0.3 is 0 Å². The molecule has 130 valence electrons. The fourth-order valence-electron chi connectivity index (χ4n) is 2.36. The second-order valence-electron chi connectivity index (χ2n) is 5.58. The van der Waals surface area contributed by atoms with Crippen molar-refractivity contribution in [1.29, 1.82) is 0 Å². The van der Waals surface area contributed by atoms with E-state index in [4.69, 9.17) is 9.47 Å². The first kappa shape index (κ1) is 18.3. The van der Waals surface area contributed by atoms with Crippen molar-refractivity contribution in [3.05, 3.63) is 28.8 Å². The van der Waals surface area contributed by atoms with Crippen LogP contribution in [0.4, 0.5) is 0 Å². The predicted molar refractivity (Wildman–Crippen MR) is 97.3 cm³/mol. The maximum atomic E-state index is 12.6. The van der Waals surface area contributed by atoms with E-state index in [1.54, 1.807) is 19.1 Å². The van der Waals surface area contributed by atoms with Crippen LogP contribution in [0.2, 0.25) is 0 Å². The molecule has 24 heavy (non-hydrogen) atoms. The third kappa shape index (κ3) is 3.87. The van der Waals surface area contributed by atoms with Crippen LogP contribution in [0, 0.1) is 6.92 Å². The quantitative estimate of drug-likeness (QED) is 0.759. The third-order valence-corrected chi connectivity index (χ3v) is 5.01. The molecule has 0 saturated heterocycles. The third-order valence-electron chi connectivity index (χ3n) is 3.82. The molecule has 0 fully saturated rings. The normalized spacial score (nSPS) is 10.5. The van der Waals surface area contributed by atoms with Gasteiger partial charge in [-0.1, -0.05) is 13.3 Å². The number of carbonyl (C=O) groups excluding carboxylic acids is 1. The second-order valence-corrected chi connectivity index (χ2v) is 6.58. The Morgan fingerprint density at radius 2 is 1.96 bits per heavy atom. The van der Waals surface area contributed by atoms with E-state index in [1.165, 1.54) is 11.3 Å². The van der Waals surface area contributed by atoms with Crippen LogP contribution >= 0.6 is 11.3 Å². The van der Waals surface area contributed by atoms with E-state index >= 15 is 0 Å². The van der Waals surface area contributed by atoms with Gasteiger partial charge in [0.2, 0.25) is 0 Å². The molecule has 0 bridgehead atoms. The molecule has 5 nitrogen and oxygen atoms in total. The molecule has 0 aliphatic carbocycles. The molecule has 0 spiro atoms. The van der Waals surface area contributed by atoms with Crippen molar-refractivity contribution in [1.82, 2.24) is 9.88 Å². The first-order valence-corrected chi connectivity index (χ1v) is 8.78. The molecule has 6 heteroatoms. The first-order chi connectivity index (χ1) is 11.5. The minimum Gasteiger partial charge on any atom is -0.493 e. The molecule has 0 radical (unpaired) electrons. The van der Waals surface area contributed by atoms with E-state index < -0.39 is 0 Å². The number of benzene rings is 1. The molecule has 2 aromatic rings. The molecule has 1 aromatic heterocycles. The zero-order valence-electron chi connectivity index (χ0n) is 14.9. The highest BCUT2D eigenvalue weighted by Crippen LogP contribution is 2.35. The van der Waals surface area contributed by atoms with Crippen molar-refractivity contribution in [2.75, 3.05) is 27.8 Å². The Morgan fingerprint density at radius 1 is 1.25 bits per heavy atom. The number of methoxy groups -OCH3 is 2. The number of hydrogen-bond acceptors (Lipinski definition) is 5. The Bertz CT molecular complexity index is 712. The summed E-state index contributed by atoms with van der Waals surface area (Å²) >= 11 is 1.42. The highest BCUT2D eigenvalue weighted by Gasteiger charge is 2.20. The van der Waals surface area contributed by atoms with E-state index in [2.05, 4.69) is 11.9 Å². The van der Waals surface area contributed by atoms with Gasteiger partial charge < -0.3 is 14.4 Å². The Hall–Kier alpha value is -2.08. The van der Waals surface area contributed by atoms with Crippen LogP contribution < -0.4 is 9.47 Å². The van der Waals surface area contributed by atoms with Crippen molar-refractivity contribution >= 4 is 17.2 Å². The predicted octanol–water partition coefficient (Wildman–Crippen LogP) is 4.01. The van der Waals surface area contributed by atoms with Crippen molar-refractivity contribution in [3.8, 4) is 22.1 Å². The summed E-state index contributed by atoms with van der Waals surface area (Å²) in [5.41, 5.74) is 1.68. The molecule has 0 unspecified atom stereocenters. The molecule has 0 saturated carbocycles. The summed E-state index contributed by atoms with van der Waals surface area (Å²) in [5, 5.41) is 0.806. The van der Waals surface area contributed by atoms with E-state index in [1.807, 2.05) is 32.2 Å². The van der Waals surface area contributed by atoms with Crippen LogP contribution in [-0.4, -0.2) is 43.6 Å². The van der Waals surface area contributed by atoms with Gasteiger partial charge in [0.1, 0.15) is 9.88 Å². The summed E-state index contributed by atoms with van der Waals surface area (Å²) in [6.07, 6.45) is 2.07. The molecule has 2 rings (SSSR count). The standard InChI is InChI=1S/C18H24N2O3S/c1-6-7-10-20(3)18(21)16-12(2)19-17(24-16)13-8-9-14(22-4)15(11-13)23-5/h8-9,11H,6-7,10H2,1-5H3. The number of aryl methyl sites for hydroxylation is 1. The second kappa shape index (κ2) is 8.15. The van der Waals surface area contributed by atoms with Gasteiger partial charge in [0.15, 0.2) is 11.5 Å². The minimum absolute atomic E-state index is 0.0326. The van der Waals surface area contributed by atoms with Crippen LogP contribution in [-0.2, 0) is 0 Å². The smallest absolute Gasteiger partial charge is 0.265 e. The molecule has 0 aliphatic rings. The largest absolute Gasteiger partial charge is 0.493 e. The topological polar surface area (TPSA) is 51.7 Å². The number of nitrogens with zero attached hydrogens (tertiary/aromatic N) is 2. The minimum atomic E-state index is 0.0326. The number of rotatable bonds is 7. The van der Waals surface area contributed by atoms with E-state index in [9.17, 15) is 4.79 Å². The van der Waals surface area contributed by atoms with Crippen LogP contribution in [0.3, 0.4) is 0 Å². The highest BCUT2D eigenvalue weighted by molar-refractivity contribution is 7.17. The summed E-state index contributed by atoms with van der Waals surface area (Å²) in [4.78, 5) is 19.6. The molecule has 1 heterocycles. The lowest BCUT2D eigenvalue weighted by molar-refractivity contribution is 0.0797. The number of unbranched alkanes of at least 4 members (excludes halogenated alkanes) is 1. The van der Waals surface area contributed by atoms with E-state index in [-0.39, 0.29) is 5.91 Å². The maximum absolute atomic E-state index is 12.6. The van der Waals surface area contributed by atoms with Gasteiger partial charge in [0.05, 0.1) is 19.9 Å². The van der Waals surface area contributed by atoms with Crippen LogP contribution in [0.1, 0.15) is 35.1 Å². The van der Waals surface area contributed by atoms with Crippen molar-refractivity contribution in [3.63, 3.8) is 0 Å². The van der Waals surface area contributed by atoms with Crippen molar-refractivity contribution in [2.45, 2.75) is 26.7 Å². The SMILES string of the molecule is CCCCN(C)C(=O)c1sc(-c2ccc(OC)c(OC)c2)nc1C. The lowest BCUT2D eigenvalue weighted by atomic mass is 10.2. The molecule has 0 atom stereocenters. The summed E-state index contributed by atoms with van der Waals surface area (Å²) in [6.45, 7) is 4.76. The monoisotopic (exact) mass is 348 g/mol. The number of carbonyl (C=O) groups is 1. The van der Waals surface area contributed by atoms with Gasteiger partial charge in [-0.05, 0) is 31.5 Å². The molecular weight excluding hydrogens is 324 g/mol. The Morgan fingerprint density at radius 3 is 2.58 bits per heavy atom. The number of amides is 1. The summed E-state index contributed by atoms with van der Waals surface area (Å²) in [5.74, 6) is 1.35. The van der Waals surface area contributed by atoms with Gasteiger partial charge in [-0.15, -0.1) is 11.3 Å². The zero-order chi connectivity index (χ0) is 17.7. The van der Waals surface area contributed by atoms with Gasteiger partial charge in [-0.25, -0.2) is 4.98 Å². The van der Waals surface area contributed by atoms with Gasteiger partial charge in [-0.3, -0.25) is 4.79 Å². The Labute approximate surface area is 147 Å². The number of ether oxygens (including phenoxy) is 2. The van der Waals surface area contributed by atoms with E-state index in [0.717, 1.165) is 35.7 Å². The molecule has 1 aromatic carbocycles. The molecule has 1 amide bonds. The summed E-state index contributed by atoms with van der Waals surface area (Å²) in [7, 11) is 5.05. The number of thiazole rings is 1. The molecule has 0 N–H and O–H groups in total. The fourth-order valence-corrected chi connectivity index (χ4v) is 3.41. The highest BCUT2D eigenvalue weighted by atomic mass is 32.1.